The maximum Gasteiger partial charge on any atom is 0.348 e. The highest BCUT2D eigenvalue weighted by Crippen LogP contribution is 2.41. The summed E-state index contributed by atoms with van der Waals surface area (Å²) in [6.07, 6.45) is 4.42. The molecule has 0 spiro atoms. The molecule has 0 bridgehead atoms. The number of hydrogen-bond donors (Lipinski definition) is 1. The molecule has 2 amide bonds. The summed E-state index contributed by atoms with van der Waals surface area (Å²) in [7, 11) is 0. The van der Waals surface area contributed by atoms with Crippen LogP contribution in [-0.4, -0.2) is 46.9 Å². The van der Waals surface area contributed by atoms with E-state index < -0.39 is 5.97 Å². The summed E-state index contributed by atoms with van der Waals surface area (Å²) in [5, 5.41) is 9.91. The smallest absolute Gasteiger partial charge is 0.348 e. The Balaban J connectivity index is 2.01. The van der Waals surface area contributed by atoms with Gasteiger partial charge in [-0.15, -0.1) is 11.3 Å². The molecule has 6 nitrogen and oxygen atoms in total. The lowest BCUT2D eigenvalue weighted by Gasteiger charge is -2.34. The van der Waals surface area contributed by atoms with E-state index in [1.54, 1.807) is 16.7 Å². The SMILES string of the molecule is CC(=O)N1CC[C@H](N(C(=O)C2CCC(C)CC2)c2cc(C(C)(C)C)sc2C(=O)O)C1. The molecule has 1 aliphatic carbocycles. The molecule has 7 heteroatoms. The number of thiophene rings is 1. The third-order valence-electron chi connectivity index (χ3n) is 6.48. The Morgan fingerprint density at radius 1 is 1.13 bits per heavy atom. The van der Waals surface area contributed by atoms with Crippen molar-refractivity contribution in [1.82, 2.24) is 4.90 Å². The number of likely N-dealkylation sites (tertiary alicyclic amines) is 1. The first kappa shape index (κ1) is 22.8. The normalized spacial score (nSPS) is 24.7. The van der Waals surface area contributed by atoms with Crippen LogP contribution >= 0.6 is 11.3 Å². The Labute approximate surface area is 183 Å². The average Bonchev–Trinajstić information content (AvgIpc) is 3.30. The molecule has 1 saturated carbocycles. The van der Waals surface area contributed by atoms with Crippen LogP contribution in [0.3, 0.4) is 0 Å². The van der Waals surface area contributed by atoms with E-state index in [-0.39, 0.29) is 34.1 Å². The first-order valence-electron chi connectivity index (χ1n) is 10.9. The van der Waals surface area contributed by atoms with Gasteiger partial charge >= 0.3 is 5.97 Å². The van der Waals surface area contributed by atoms with E-state index in [1.807, 2.05) is 6.07 Å². The van der Waals surface area contributed by atoms with Crippen LogP contribution in [0.15, 0.2) is 6.07 Å². The summed E-state index contributed by atoms with van der Waals surface area (Å²) in [6, 6.07) is 1.72. The number of rotatable bonds is 4. The van der Waals surface area contributed by atoms with Crippen molar-refractivity contribution in [2.45, 2.75) is 78.2 Å². The van der Waals surface area contributed by atoms with Gasteiger partial charge in [0.15, 0.2) is 0 Å². The van der Waals surface area contributed by atoms with Crippen molar-refractivity contribution >= 4 is 34.8 Å². The number of carboxylic acids is 1. The molecule has 1 aliphatic heterocycles. The van der Waals surface area contributed by atoms with Gasteiger partial charge in [0.2, 0.25) is 11.8 Å². The predicted octanol–water partition coefficient (Wildman–Crippen LogP) is 4.52. The number of amides is 2. The molecule has 0 radical (unpaired) electrons. The summed E-state index contributed by atoms with van der Waals surface area (Å²) < 4.78 is 0. The molecular weight excluding hydrogens is 400 g/mol. The highest BCUT2D eigenvalue weighted by Gasteiger charge is 2.39. The van der Waals surface area contributed by atoms with E-state index in [1.165, 1.54) is 11.3 Å². The van der Waals surface area contributed by atoms with E-state index in [0.717, 1.165) is 30.6 Å². The number of nitrogens with zero attached hydrogens (tertiary/aromatic N) is 2. The van der Waals surface area contributed by atoms with Crippen LogP contribution in [-0.2, 0) is 15.0 Å². The predicted molar refractivity (Wildman–Crippen MR) is 119 cm³/mol. The van der Waals surface area contributed by atoms with Crippen LogP contribution in [0.2, 0.25) is 0 Å². The summed E-state index contributed by atoms with van der Waals surface area (Å²) in [5.74, 6) is -0.423. The van der Waals surface area contributed by atoms with E-state index in [9.17, 15) is 19.5 Å². The molecule has 0 unspecified atom stereocenters. The zero-order valence-electron chi connectivity index (χ0n) is 18.7. The largest absolute Gasteiger partial charge is 0.477 e. The summed E-state index contributed by atoms with van der Waals surface area (Å²) in [6.45, 7) is 11.0. The Hall–Kier alpha value is -1.89. The van der Waals surface area contributed by atoms with E-state index in [0.29, 0.717) is 31.1 Å². The highest BCUT2D eigenvalue weighted by molar-refractivity contribution is 7.14. The van der Waals surface area contributed by atoms with E-state index in [4.69, 9.17) is 0 Å². The van der Waals surface area contributed by atoms with Crippen molar-refractivity contribution in [3.63, 3.8) is 0 Å². The number of hydrogen-bond acceptors (Lipinski definition) is 4. The summed E-state index contributed by atoms with van der Waals surface area (Å²) in [4.78, 5) is 42.4. The second-order valence-electron chi connectivity index (χ2n) is 9.95. The van der Waals surface area contributed by atoms with Crippen LogP contribution < -0.4 is 4.90 Å². The van der Waals surface area contributed by atoms with Crippen molar-refractivity contribution in [2.24, 2.45) is 11.8 Å². The van der Waals surface area contributed by atoms with Gasteiger partial charge in [-0.2, -0.15) is 0 Å². The van der Waals surface area contributed by atoms with E-state index >= 15 is 0 Å². The summed E-state index contributed by atoms with van der Waals surface area (Å²) in [5.41, 5.74) is 0.305. The van der Waals surface area contributed by atoms with Crippen molar-refractivity contribution in [2.75, 3.05) is 18.0 Å². The molecule has 1 saturated heterocycles. The van der Waals surface area contributed by atoms with Crippen molar-refractivity contribution in [3.05, 3.63) is 15.8 Å². The minimum atomic E-state index is -0.998. The number of carboxylic acid groups (broad SMARTS) is 1. The van der Waals surface area contributed by atoms with Crippen LogP contribution in [0.1, 0.15) is 81.3 Å². The first-order valence-corrected chi connectivity index (χ1v) is 11.8. The molecule has 3 rings (SSSR count). The topological polar surface area (TPSA) is 77.9 Å². The maximum absolute atomic E-state index is 13.7. The molecule has 0 aromatic carbocycles. The number of anilines is 1. The zero-order chi connectivity index (χ0) is 22.2. The van der Waals surface area contributed by atoms with Crippen LogP contribution in [0.4, 0.5) is 5.69 Å². The molecule has 1 atom stereocenters. The Kier molecular flexibility index (Phi) is 6.60. The Morgan fingerprint density at radius 3 is 2.27 bits per heavy atom. The van der Waals surface area contributed by atoms with Crippen molar-refractivity contribution < 1.29 is 19.5 Å². The van der Waals surface area contributed by atoms with Gasteiger partial charge in [0.1, 0.15) is 4.88 Å². The van der Waals surface area contributed by atoms with Crippen molar-refractivity contribution in [3.8, 4) is 0 Å². The van der Waals surface area contributed by atoms with Crippen LogP contribution in [0, 0.1) is 11.8 Å². The van der Waals surface area contributed by atoms with Crippen LogP contribution in [0.25, 0.3) is 0 Å². The number of carbonyl (C=O) groups is 3. The van der Waals surface area contributed by atoms with Crippen molar-refractivity contribution in [1.29, 1.82) is 0 Å². The second kappa shape index (κ2) is 8.69. The molecule has 1 N–H and O–H groups in total. The quantitative estimate of drug-likeness (QED) is 0.755. The van der Waals surface area contributed by atoms with Gasteiger partial charge in [-0.1, -0.05) is 27.7 Å². The molecule has 2 aliphatic rings. The zero-order valence-corrected chi connectivity index (χ0v) is 19.6. The lowest BCUT2D eigenvalue weighted by atomic mass is 9.82. The Morgan fingerprint density at radius 2 is 1.77 bits per heavy atom. The fraction of sp³-hybridized carbons (Fsp3) is 0.696. The van der Waals surface area contributed by atoms with Gasteiger partial charge in [0, 0.05) is 30.8 Å². The molecule has 2 fully saturated rings. The minimum Gasteiger partial charge on any atom is -0.477 e. The van der Waals surface area contributed by atoms with Gasteiger partial charge in [-0.05, 0) is 49.5 Å². The lowest BCUT2D eigenvalue weighted by Crippen LogP contribution is -2.46. The molecule has 2 heterocycles. The fourth-order valence-electron chi connectivity index (χ4n) is 4.52. The number of aromatic carboxylic acids is 1. The van der Waals surface area contributed by atoms with Gasteiger partial charge < -0.3 is 14.9 Å². The standard InChI is InChI=1S/C23H34N2O4S/c1-14-6-8-16(9-7-14)21(27)25(17-10-11-24(13-17)15(2)26)18-12-19(23(3,4)5)30-20(18)22(28)29/h12,14,16-17H,6-11,13H2,1-5H3,(H,28,29)/t14?,16?,17-/m0/s1. The first-order chi connectivity index (χ1) is 14.0. The third kappa shape index (κ3) is 4.71. The third-order valence-corrected chi connectivity index (χ3v) is 8.02. The molecule has 30 heavy (non-hydrogen) atoms. The van der Waals surface area contributed by atoms with Gasteiger partial charge in [0.05, 0.1) is 11.7 Å². The molecular formula is C23H34N2O4S. The molecule has 166 valence electrons. The average molecular weight is 435 g/mol. The molecule has 1 aromatic heterocycles. The van der Waals surface area contributed by atoms with Gasteiger partial charge in [-0.3, -0.25) is 9.59 Å². The molecule has 1 aromatic rings. The maximum atomic E-state index is 13.7. The van der Waals surface area contributed by atoms with Crippen LogP contribution in [0.5, 0.6) is 0 Å². The lowest BCUT2D eigenvalue weighted by molar-refractivity contribution is -0.128. The fourth-order valence-corrected chi connectivity index (χ4v) is 5.57. The summed E-state index contributed by atoms with van der Waals surface area (Å²) >= 11 is 1.26. The highest BCUT2D eigenvalue weighted by atomic mass is 32.1. The number of carbonyl (C=O) groups excluding carboxylic acids is 2. The minimum absolute atomic E-state index is 0.00412. The van der Waals surface area contributed by atoms with E-state index in [2.05, 4.69) is 27.7 Å². The second-order valence-corrected chi connectivity index (χ2v) is 11.0. The van der Waals surface area contributed by atoms with Gasteiger partial charge in [0.25, 0.3) is 0 Å². The Bertz CT molecular complexity index is 818. The monoisotopic (exact) mass is 434 g/mol. The van der Waals surface area contributed by atoms with Gasteiger partial charge in [-0.25, -0.2) is 4.79 Å².